The summed E-state index contributed by atoms with van der Waals surface area (Å²) in [5.41, 5.74) is -0.707. The lowest BCUT2D eigenvalue weighted by Crippen LogP contribution is -2.31. The summed E-state index contributed by atoms with van der Waals surface area (Å²) in [5, 5.41) is 7.57. The van der Waals surface area contributed by atoms with E-state index in [-0.39, 0.29) is 35.7 Å². The molecule has 3 heterocycles. The number of H-pyrrole nitrogens is 1. The average Bonchev–Trinajstić information content (AvgIpc) is 2.91. The van der Waals surface area contributed by atoms with Crippen LogP contribution in [0.1, 0.15) is 28.1 Å². The highest BCUT2D eigenvalue weighted by atomic mass is 19.4. The normalized spacial score (nSPS) is 14.3. The van der Waals surface area contributed by atoms with Gasteiger partial charge >= 0.3 is 12.4 Å². The maximum atomic E-state index is 15.0. The number of anilines is 2. The highest BCUT2D eigenvalue weighted by Crippen LogP contribution is 2.34. The summed E-state index contributed by atoms with van der Waals surface area (Å²) in [4.78, 5) is 32.0. The number of alkyl halides is 6. The second-order valence-electron chi connectivity index (χ2n) is 9.00. The zero-order valence-corrected chi connectivity index (χ0v) is 21.1. The largest absolute Gasteiger partial charge is 0.423 e. The summed E-state index contributed by atoms with van der Waals surface area (Å²) in [5.74, 6) is -2.37. The fourth-order valence-corrected chi connectivity index (χ4v) is 4.21. The molecular weight excluding hydrogens is 579 g/mol. The number of ether oxygens (including phenoxy) is 1. The number of aryl methyl sites for hydroxylation is 1. The van der Waals surface area contributed by atoms with Crippen molar-refractivity contribution in [1.29, 1.82) is 0 Å². The molecule has 3 aromatic heterocycles. The quantitative estimate of drug-likeness (QED) is 0.242. The molecule has 4 aromatic rings. The van der Waals surface area contributed by atoms with Gasteiger partial charge in [-0.05, 0) is 36.4 Å². The number of rotatable bonds is 9. The summed E-state index contributed by atoms with van der Waals surface area (Å²) in [6, 6.07) is 2.35. The second kappa shape index (κ2) is 11.8. The van der Waals surface area contributed by atoms with Gasteiger partial charge in [0.1, 0.15) is 22.8 Å². The molecule has 0 saturated heterocycles. The minimum absolute atomic E-state index is 0.0510. The number of methoxy groups -OCH3 is 1. The van der Waals surface area contributed by atoms with Crippen LogP contribution in [-0.4, -0.2) is 44.4 Å². The highest BCUT2D eigenvalue weighted by Gasteiger charge is 2.38. The Bertz CT molecular complexity index is 1830. The molecule has 0 amide bonds. The number of hydrogen-bond acceptors (Lipinski definition) is 8. The summed E-state index contributed by atoms with van der Waals surface area (Å²) < 4.78 is 122. The van der Waals surface area contributed by atoms with Crippen molar-refractivity contribution in [3.8, 4) is 11.4 Å². The Morgan fingerprint density at radius 2 is 1.93 bits per heavy atom. The summed E-state index contributed by atoms with van der Waals surface area (Å²) in [6.45, 7) is -0.653. The number of aromatic nitrogens is 5. The van der Waals surface area contributed by atoms with Gasteiger partial charge in [0, 0.05) is 32.0 Å². The number of nitrogens with two attached hydrogens (primary N) is 1. The Labute approximate surface area is 235 Å². The molecule has 0 fully saturated rings. The first-order chi connectivity index (χ1) is 20.8. The Morgan fingerprint density at radius 1 is 1.17 bits per heavy atom. The smallest absolute Gasteiger partial charge is 0.383 e. The van der Waals surface area contributed by atoms with Crippen LogP contribution >= 0.6 is 0 Å². The van der Waals surface area contributed by atoms with E-state index in [1.165, 1.54) is 22.9 Å². The average molecular weight is 605 g/mol. The zero-order valence-electron chi connectivity index (χ0n) is 24.1. The number of pyridine rings is 1. The lowest BCUT2D eigenvalue weighted by atomic mass is 10.1. The van der Waals surface area contributed by atoms with Crippen LogP contribution in [0.25, 0.3) is 22.2 Å². The van der Waals surface area contributed by atoms with E-state index < -0.39 is 77.4 Å². The van der Waals surface area contributed by atoms with Gasteiger partial charge in [-0.3, -0.25) is 9.59 Å². The monoisotopic (exact) mass is 604 g/mol. The fourth-order valence-electron chi connectivity index (χ4n) is 4.21. The van der Waals surface area contributed by atoms with Crippen molar-refractivity contribution in [2.45, 2.75) is 37.8 Å². The van der Waals surface area contributed by atoms with Gasteiger partial charge in [-0.15, -0.1) is 0 Å². The third kappa shape index (κ3) is 6.50. The van der Waals surface area contributed by atoms with Crippen LogP contribution in [0.4, 0.5) is 42.2 Å². The minimum atomic E-state index is -5.06. The standard InChI is InChI=1S/C25H22F7N7O3/c1-42-11-13(36-18-10-35-38-22(40)19(18)25(30,31)32)3-2-5-39-6-4-12-7-15(17(26)8-14(12)23(39)41)21-34-9-16(20(33)37-21)24(27,28)29/h4,6-10,13H,2-3,5,11H2,1H3,(H2,33,34,37)(H2,36,38,40)/i1D3. The predicted octanol–water partition coefficient (Wildman–Crippen LogP) is 4.21. The predicted molar refractivity (Wildman–Crippen MR) is 137 cm³/mol. The molecule has 0 spiro atoms. The van der Waals surface area contributed by atoms with Gasteiger partial charge in [-0.25, -0.2) is 19.5 Å². The van der Waals surface area contributed by atoms with E-state index in [1.54, 1.807) is 5.10 Å². The molecule has 0 aliphatic rings. The van der Waals surface area contributed by atoms with Gasteiger partial charge in [0.05, 0.1) is 33.6 Å². The first kappa shape index (κ1) is 26.4. The molecule has 0 aliphatic carbocycles. The lowest BCUT2D eigenvalue weighted by Gasteiger charge is -2.21. The molecule has 0 saturated carbocycles. The molecule has 17 heteroatoms. The van der Waals surface area contributed by atoms with Crippen LogP contribution in [0.2, 0.25) is 0 Å². The Hall–Kier alpha value is -4.54. The molecule has 1 aromatic carbocycles. The molecule has 1 atom stereocenters. The van der Waals surface area contributed by atoms with Gasteiger partial charge in [0.25, 0.3) is 11.1 Å². The van der Waals surface area contributed by atoms with E-state index in [9.17, 15) is 35.9 Å². The van der Waals surface area contributed by atoms with Crippen LogP contribution in [0, 0.1) is 5.82 Å². The van der Waals surface area contributed by atoms with Crippen molar-refractivity contribution >= 4 is 22.3 Å². The molecular formula is C25H22F7N7O3. The molecule has 4 rings (SSSR count). The number of fused-ring (bicyclic) bond motifs is 1. The molecule has 1 unspecified atom stereocenters. The summed E-state index contributed by atoms with van der Waals surface area (Å²) in [6.07, 6.45) is -7.40. The first-order valence-corrected chi connectivity index (χ1v) is 11.9. The maximum Gasteiger partial charge on any atom is 0.423 e. The van der Waals surface area contributed by atoms with Gasteiger partial charge in [-0.2, -0.15) is 31.4 Å². The summed E-state index contributed by atoms with van der Waals surface area (Å²) >= 11 is 0. The van der Waals surface area contributed by atoms with Crippen molar-refractivity contribution in [3.63, 3.8) is 0 Å². The van der Waals surface area contributed by atoms with Crippen molar-refractivity contribution in [2.75, 3.05) is 24.7 Å². The van der Waals surface area contributed by atoms with Crippen LogP contribution < -0.4 is 22.2 Å². The molecule has 4 N–H and O–H groups in total. The maximum absolute atomic E-state index is 15.0. The number of nitrogens with zero attached hydrogens (tertiary/aromatic N) is 4. The molecule has 0 radical (unpaired) electrons. The highest BCUT2D eigenvalue weighted by molar-refractivity contribution is 5.86. The molecule has 10 nitrogen and oxygen atoms in total. The fraction of sp³-hybridized carbons (Fsp3) is 0.320. The van der Waals surface area contributed by atoms with E-state index in [2.05, 4.69) is 20.4 Å². The van der Waals surface area contributed by atoms with Crippen LogP contribution in [0.5, 0.6) is 0 Å². The van der Waals surface area contributed by atoms with Crippen molar-refractivity contribution in [1.82, 2.24) is 24.7 Å². The Morgan fingerprint density at radius 3 is 2.60 bits per heavy atom. The van der Waals surface area contributed by atoms with E-state index in [0.29, 0.717) is 12.4 Å². The topological polar surface area (TPSA) is 141 Å². The lowest BCUT2D eigenvalue weighted by molar-refractivity contribution is -0.138. The van der Waals surface area contributed by atoms with Crippen molar-refractivity contribution < 1.29 is 39.6 Å². The number of nitrogen functional groups attached to an aromatic ring is 1. The van der Waals surface area contributed by atoms with E-state index >= 15 is 4.39 Å². The second-order valence-corrected chi connectivity index (χ2v) is 9.00. The number of halogens is 7. The van der Waals surface area contributed by atoms with E-state index in [1.807, 2.05) is 0 Å². The van der Waals surface area contributed by atoms with Gasteiger partial charge in [-0.1, -0.05) is 0 Å². The SMILES string of the molecule is [2H]C([2H])([2H])OCC(CCCn1ccc2cc(-c3ncc(C(F)(F)F)c(N)n3)c(F)cc2c1=O)Nc1cn[nH]c(=O)c1C(F)(F)F. The minimum Gasteiger partial charge on any atom is -0.383 e. The third-order valence-corrected chi connectivity index (χ3v) is 6.16. The van der Waals surface area contributed by atoms with Crippen LogP contribution in [0.3, 0.4) is 0 Å². The summed E-state index contributed by atoms with van der Waals surface area (Å²) in [7, 11) is -2.88. The molecule has 42 heavy (non-hydrogen) atoms. The first-order valence-electron chi connectivity index (χ1n) is 13.4. The Kier molecular flexibility index (Phi) is 7.38. The van der Waals surface area contributed by atoms with Crippen molar-refractivity contribution in [3.05, 3.63) is 74.4 Å². The van der Waals surface area contributed by atoms with E-state index in [0.717, 1.165) is 6.07 Å². The van der Waals surface area contributed by atoms with Crippen LogP contribution in [-0.2, 0) is 23.6 Å². The third-order valence-electron chi connectivity index (χ3n) is 6.16. The van der Waals surface area contributed by atoms with E-state index in [4.69, 9.17) is 14.6 Å². The van der Waals surface area contributed by atoms with Gasteiger partial charge < -0.3 is 20.4 Å². The number of aromatic amines is 1. The molecule has 0 aliphatic heterocycles. The number of benzene rings is 1. The van der Waals surface area contributed by atoms with Crippen molar-refractivity contribution in [2.24, 2.45) is 0 Å². The Balaban J connectivity index is 1.55. The number of nitrogens with one attached hydrogen (secondary N) is 2. The van der Waals surface area contributed by atoms with Gasteiger partial charge in [0.15, 0.2) is 5.82 Å². The molecule has 224 valence electrons. The zero-order chi connectivity index (χ0) is 33.3. The number of hydrogen-bond donors (Lipinski definition) is 3. The van der Waals surface area contributed by atoms with Gasteiger partial charge in [0.2, 0.25) is 0 Å². The van der Waals surface area contributed by atoms with Crippen LogP contribution in [0.15, 0.2) is 46.4 Å². The molecule has 0 bridgehead atoms.